The van der Waals surface area contributed by atoms with Gasteiger partial charge in [0, 0.05) is 0 Å². The largest absolute Gasteiger partial charge is 0.389 e. The lowest BCUT2D eigenvalue weighted by atomic mass is 10.2. The topological polar surface area (TPSA) is 20.2 Å². The van der Waals surface area contributed by atoms with E-state index in [0.29, 0.717) is 0 Å². The Morgan fingerprint density at radius 1 is 0.882 bits per heavy atom. The van der Waals surface area contributed by atoms with E-state index in [2.05, 4.69) is 18.2 Å². The fourth-order valence-corrected chi connectivity index (χ4v) is 1.21. The Bertz CT molecular complexity index is 408. The molecule has 1 atom stereocenters. The fourth-order valence-electron chi connectivity index (χ4n) is 1.21. The molecule has 1 N–H and O–H groups in total. The molecule has 1 nitrogen and oxygen atoms in total. The summed E-state index contributed by atoms with van der Waals surface area (Å²) in [5.41, 5.74) is 1.19. The normalized spacial score (nSPS) is 14.5. The summed E-state index contributed by atoms with van der Waals surface area (Å²) >= 11 is 0. The molecule has 0 fully saturated rings. The molecule has 0 spiro atoms. The number of aliphatic hydroxyl groups excluding tert-OH is 1. The van der Waals surface area contributed by atoms with Crippen molar-refractivity contribution in [1.82, 2.24) is 0 Å². The molecule has 0 saturated heterocycles. The van der Waals surface area contributed by atoms with Crippen LogP contribution in [0.15, 0.2) is 72.9 Å². The van der Waals surface area contributed by atoms with Crippen LogP contribution in [0.2, 0.25) is 0 Å². The minimum Gasteiger partial charge on any atom is -0.389 e. The summed E-state index contributed by atoms with van der Waals surface area (Å²) < 4.78 is 0. The zero-order valence-corrected chi connectivity index (χ0v) is 10.0. The van der Waals surface area contributed by atoms with Crippen LogP contribution in [0.25, 0.3) is 6.08 Å². The maximum atomic E-state index is 8.97. The van der Waals surface area contributed by atoms with E-state index >= 15 is 0 Å². The summed E-state index contributed by atoms with van der Waals surface area (Å²) in [5.74, 6) is 0. The van der Waals surface area contributed by atoms with Crippen molar-refractivity contribution in [3.63, 3.8) is 0 Å². The molecule has 88 valence electrons. The minimum atomic E-state index is -0.387. The van der Waals surface area contributed by atoms with E-state index < -0.39 is 0 Å². The zero-order valence-electron chi connectivity index (χ0n) is 10.0. The molecule has 1 heteroatoms. The summed E-state index contributed by atoms with van der Waals surface area (Å²) in [7, 11) is 0. The van der Waals surface area contributed by atoms with Gasteiger partial charge in [-0.15, -0.1) is 0 Å². The number of hydrogen-bond acceptors (Lipinski definition) is 1. The van der Waals surface area contributed by atoms with Crippen molar-refractivity contribution in [2.45, 2.75) is 13.0 Å². The Hall–Kier alpha value is -1.86. The molecule has 0 radical (unpaired) electrons. The van der Waals surface area contributed by atoms with Crippen molar-refractivity contribution in [2.75, 3.05) is 0 Å². The van der Waals surface area contributed by atoms with Crippen LogP contribution in [-0.2, 0) is 0 Å². The minimum absolute atomic E-state index is 0.387. The number of allylic oxidation sites excluding steroid dienone is 6. The molecule has 1 aromatic carbocycles. The van der Waals surface area contributed by atoms with Crippen molar-refractivity contribution in [3.05, 3.63) is 78.4 Å². The quantitative estimate of drug-likeness (QED) is 0.758. The molecule has 0 saturated carbocycles. The Kier molecular flexibility index (Phi) is 6.46. The molecule has 0 aliphatic carbocycles. The van der Waals surface area contributed by atoms with Crippen molar-refractivity contribution in [3.8, 4) is 0 Å². The van der Waals surface area contributed by atoms with E-state index in [0.717, 1.165) is 0 Å². The van der Waals surface area contributed by atoms with Gasteiger partial charge in [0.25, 0.3) is 0 Å². The van der Waals surface area contributed by atoms with Gasteiger partial charge in [-0.3, -0.25) is 0 Å². The third-order valence-electron chi connectivity index (χ3n) is 2.03. The van der Waals surface area contributed by atoms with Gasteiger partial charge in [-0.1, -0.05) is 78.9 Å². The Morgan fingerprint density at radius 3 is 2.12 bits per heavy atom. The molecular formula is C16H18O. The zero-order chi connectivity index (χ0) is 12.3. The Balaban J connectivity index is 2.33. The van der Waals surface area contributed by atoms with Gasteiger partial charge < -0.3 is 5.11 Å². The second kappa shape index (κ2) is 8.31. The Morgan fingerprint density at radius 2 is 1.47 bits per heavy atom. The first kappa shape index (κ1) is 13.2. The summed E-state index contributed by atoms with van der Waals surface area (Å²) in [5, 5.41) is 8.97. The summed E-state index contributed by atoms with van der Waals surface area (Å²) in [4.78, 5) is 0. The molecule has 1 aromatic rings. The van der Waals surface area contributed by atoms with Crippen molar-refractivity contribution < 1.29 is 5.11 Å². The SMILES string of the molecule is CC(O)/C=C/C=C/C=C/C=C/c1ccccc1. The van der Waals surface area contributed by atoms with E-state index in [1.165, 1.54) is 5.56 Å². The highest BCUT2D eigenvalue weighted by atomic mass is 16.3. The molecule has 17 heavy (non-hydrogen) atoms. The maximum absolute atomic E-state index is 8.97. The molecule has 0 amide bonds. The average Bonchev–Trinajstić information content (AvgIpc) is 2.33. The number of benzene rings is 1. The summed E-state index contributed by atoms with van der Waals surface area (Å²) in [6, 6.07) is 10.2. The maximum Gasteiger partial charge on any atom is 0.0695 e. The molecule has 0 aliphatic rings. The lowest BCUT2D eigenvalue weighted by Gasteiger charge is -1.88. The molecule has 0 heterocycles. The molecule has 0 bridgehead atoms. The highest BCUT2D eigenvalue weighted by Crippen LogP contribution is 2.00. The predicted octanol–water partition coefficient (Wildman–Crippen LogP) is 3.75. The first-order chi connectivity index (χ1) is 8.29. The number of rotatable bonds is 5. The van der Waals surface area contributed by atoms with E-state index in [4.69, 9.17) is 5.11 Å². The van der Waals surface area contributed by atoms with Crippen LogP contribution >= 0.6 is 0 Å². The first-order valence-electron chi connectivity index (χ1n) is 5.70. The van der Waals surface area contributed by atoms with E-state index in [-0.39, 0.29) is 6.10 Å². The monoisotopic (exact) mass is 226 g/mol. The van der Waals surface area contributed by atoms with Crippen LogP contribution in [0.1, 0.15) is 12.5 Å². The molecule has 1 unspecified atom stereocenters. The van der Waals surface area contributed by atoms with Crippen LogP contribution < -0.4 is 0 Å². The van der Waals surface area contributed by atoms with Crippen LogP contribution in [-0.4, -0.2) is 11.2 Å². The molecule has 0 aliphatic heterocycles. The van der Waals surface area contributed by atoms with Gasteiger partial charge >= 0.3 is 0 Å². The third-order valence-corrected chi connectivity index (χ3v) is 2.03. The van der Waals surface area contributed by atoms with Gasteiger partial charge in [0.2, 0.25) is 0 Å². The second-order valence-electron chi connectivity index (χ2n) is 3.67. The van der Waals surface area contributed by atoms with Crippen LogP contribution in [0, 0.1) is 0 Å². The lowest BCUT2D eigenvalue weighted by Crippen LogP contribution is -1.90. The van der Waals surface area contributed by atoms with Gasteiger partial charge in [-0.25, -0.2) is 0 Å². The average molecular weight is 226 g/mol. The second-order valence-corrected chi connectivity index (χ2v) is 3.67. The lowest BCUT2D eigenvalue weighted by molar-refractivity contribution is 0.244. The highest BCUT2D eigenvalue weighted by Gasteiger charge is 1.80. The standard InChI is InChI=1S/C16H18O/c1-15(17)11-7-4-2-3-5-8-12-16-13-9-6-10-14-16/h2-15,17H,1H3/b4-2+,5-3+,11-7+,12-8+. The van der Waals surface area contributed by atoms with Crippen molar-refractivity contribution >= 4 is 6.08 Å². The van der Waals surface area contributed by atoms with Gasteiger partial charge in [-0.2, -0.15) is 0 Å². The Labute approximate surface area is 103 Å². The molecule has 1 rings (SSSR count). The van der Waals surface area contributed by atoms with Crippen LogP contribution in [0.4, 0.5) is 0 Å². The van der Waals surface area contributed by atoms with Gasteiger partial charge in [-0.05, 0) is 12.5 Å². The first-order valence-corrected chi connectivity index (χ1v) is 5.70. The molecule has 0 aromatic heterocycles. The van der Waals surface area contributed by atoms with Crippen LogP contribution in [0.3, 0.4) is 0 Å². The number of hydrogen-bond donors (Lipinski definition) is 1. The van der Waals surface area contributed by atoms with E-state index in [1.54, 1.807) is 13.0 Å². The van der Waals surface area contributed by atoms with Crippen LogP contribution in [0.5, 0.6) is 0 Å². The smallest absolute Gasteiger partial charge is 0.0695 e. The van der Waals surface area contributed by atoms with Crippen molar-refractivity contribution in [2.24, 2.45) is 0 Å². The van der Waals surface area contributed by atoms with Gasteiger partial charge in [0.05, 0.1) is 6.10 Å². The van der Waals surface area contributed by atoms with Gasteiger partial charge in [0.1, 0.15) is 0 Å². The van der Waals surface area contributed by atoms with Gasteiger partial charge in [0.15, 0.2) is 0 Å². The number of aliphatic hydroxyl groups is 1. The molecular weight excluding hydrogens is 208 g/mol. The third kappa shape index (κ3) is 7.09. The summed E-state index contributed by atoms with van der Waals surface area (Å²) in [6.45, 7) is 1.72. The fraction of sp³-hybridized carbons (Fsp3) is 0.125. The van der Waals surface area contributed by atoms with E-state index in [1.807, 2.05) is 54.7 Å². The van der Waals surface area contributed by atoms with E-state index in [9.17, 15) is 0 Å². The summed E-state index contributed by atoms with van der Waals surface area (Å²) in [6.07, 6.45) is 15.0. The predicted molar refractivity (Wildman–Crippen MR) is 74.6 cm³/mol. The highest BCUT2D eigenvalue weighted by molar-refractivity contribution is 5.50. The van der Waals surface area contributed by atoms with Crippen molar-refractivity contribution in [1.29, 1.82) is 0 Å².